The van der Waals surface area contributed by atoms with Crippen molar-refractivity contribution in [2.75, 3.05) is 12.4 Å². The second kappa shape index (κ2) is 7.56. The molecule has 0 saturated heterocycles. The number of aromatic nitrogens is 1. The summed E-state index contributed by atoms with van der Waals surface area (Å²) in [6.45, 7) is 0.949. The van der Waals surface area contributed by atoms with E-state index in [2.05, 4.69) is 5.32 Å². The molecule has 0 aliphatic heterocycles. The number of rotatable bonds is 6. The van der Waals surface area contributed by atoms with Gasteiger partial charge in [-0.1, -0.05) is 12.1 Å². The minimum Gasteiger partial charge on any atom is -0.491 e. The van der Waals surface area contributed by atoms with E-state index in [0.29, 0.717) is 16.9 Å². The van der Waals surface area contributed by atoms with Gasteiger partial charge in [0.05, 0.1) is 19.9 Å². The number of ketones is 1. The Kier molecular flexibility index (Phi) is 5.49. The first kappa shape index (κ1) is 17.4. The van der Waals surface area contributed by atoms with Gasteiger partial charge in [-0.05, 0) is 19.1 Å². The highest BCUT2D eigenvalue weighted by Gasteiger charge is 2.11. The van der Waals surface area contributed by atoms with Crippen LogP contribution < -0.4 is 15.5 Å². The van der Waals surface area contributed by atoms with Crippen LogP contribution in [0.5, 0.6) is 5.75 Å². The second-order valence-electron chi connectivity index (χ2n) is 5.17. The number of ether oxygens (including phenoxy) is 1. The molecule has 2 N–H and O–H groups in total. The molecule has 0 aliphatic rings. The number of nitrogens with one attached hydrogen (secondary N) is 1. The fourth-order valence-electron chi connectivity index (χ4n) is 2.20. The number of carbonyl (C=O) groups is 2. The molecule has 0 atom stereocenters. The van der Waals surface area contributed by atoms with Gasteiger partial charge < -0.3 is 19.7 Å². The fourth-order valence-corrected chi connectivity index (χ4v) is 2.20. The number of amides is 1. The zero-order chi connectivity index (χ0) is 17.7. The summed E-state index contributed by atoms with van der Waals surface area (Å²) < 4.78 is 6.38. The molecule has 2 rings (SSSR count). The van der Waals surface area contributed by atoms with E-state index in [4.69, 9.17) is 4.74 Å². The molecule has 126 valence electrons. The van der Waals surface area contributed by atoms with Gasteiger partial charge in [-0.2, -0.15) is 0 Å². The minimum atomic E-state index is -0.383. The number of benzene rings is 1. The maximum absolute atomic E-state index is 12.2. The Labute approximate surface area is 138 Å². The van der Waals surface area contributed by atoms with Gasteiger partial charge in [-0.25, -0.2) is 0 Å². The molecule has 7 heteroatoms. The lowest BCUT2D eigenvalue weighted by molar-refractivity contribution is -0.116. The van der Waals surface area contributed by atoms with E-state index in [1.54, 1.807) is 24.3 Å². The van der Waals surface area contributed by atoms with Crippen molar-refractivity contribution in [3.8, 4) is 5.75 Å². The summed E-state index contributed by atoms with van der Waals surface area (Å²) >= 11 is 0. The van der Waals surface area contributed by atoms with Crippen LogP contribution >= 0.6 is 0 Å². The zero-order valence-corrected chi connectivity index (χ0v) is 13.4. The summed E-state index contributed by atoms with van der Waals surface area (Å²) in [5.74, 6) is -0.381. The Hall–Kier alpha value is -2.93. The highest BCUT2D eigenvalue weighted by atomic mass is 16.5. The number of aliphatic hydroxyl groups is 1. The largest absolute Gasteiger partial charge is 0.491 e. The third kappa shape index (κ3) is 4.08. The molecular formula is C17H18N2O5. The number of pyridine rings is 1. The molecule has 0 spiro atoms. The predicted octanol–water partition coefficient (Wildman–Crippen LogP) is 1.19. The van der Waals surface area contributed by atoms with Gasteiger partial charge in [0.15, 0.2) is 11.5 Å². The minimum absolute atomic E-state index is 0.0820. The van der Waals surface area contributed by atoms with E-state index < -0.39 is 0 Å². The van der Waals surface area contributed by atoms with Crippen molar-refractivity contribution in [3.05, 3.63) is 58.0 Å². The molecule has 1 aromatic heterocycles. The maximum Gasteiger partial charge on any atom is 0.244 e. The third-order valence-electron chi connectivity index (χ3n) is 3.43. The topological polar surface area (TPSA) is 97.6 Å². The van der Waals surface area contributed by atoms with Gasteiger partial charge in [-0.15, -0.1) is 0 Å². The van der Waals surface area contributed by atoms with Crippen molar-refractivity contribution >= 4 is 17.4 Å². The number of carbonyl (C=O) groups excluding carboxylic acids is 2. The number of aliphatic hydroxyl groups excluding tert-OH is 1. The molecule has 0 bridgehead atoms. The lowest BCUT2D eigenvalue weighted by Gasteiger charge is -2.13. The van der Waals surface area contributed by atoms with Crippen molar-refractivity contribution in [1.82, 2.24) is 4.57 Å². The molecule has 0 unspecified atom stereocenters. The first-order chi connectivity index (χ1) is 11.4. The summed E-state index contributed by atoms with van der Waals surface area (Å²) in [6, 6.07) is 7.81. The summed E-state index contributed by atoms with van der Waals surface area (Å²) in [5.41, 5.74) is 0.918. The van der Waals surface area contributed by atoms with Crippen LogP contribution in [0.4, 0.5) is 5.69 Å². The maximum atomic E-state index is 12.2. The molecule has 24 heavy (non-hydrogen) atoms. The molecule has 0 fully saturated rings. The summed E-state index contributed by atoms with van der Waals surface area (Å²) in [6.07, 6.45) is 1.37. The van der Waals surface area contributed by atoms with Crippen molar-refractivity contribution < 1.29 is 19.4 Å². The fraction of sp³-hybridized carbons (Fsp3) is 0.235. The second-order valence-corrected chi connectivity index (χ2v) is 5.17. The first-order valence-electron chi connectivity index (χ1n) is 7.23. The van der Waals surface area contributed by atoms with Gasteiger partial charge in [0, 0.05) is 23.0 Å². The summed E-state index contributed by atoms with van der Waals surface area (Å²) in [5, 5.41) is 12.0. The Balaban J connectivity index is 2.19. The zero-order valence-electron chi connectivity index (χ0n) is 13.4. The Morgan fingerprint density at radius 2 is 2.04 bits per heavy atom. The Morgan fingerprint density at radius 3 is 2.67 bits per heavy atom. The smallest absolute Gasteiger partial charge is 0.244 e. The molecule has 1 aromatic carbocycles. The molecule has 2 aromatic rings. The predicted molar refractivity (Wildman–Crippen MR) is 88.3 cm³/mol. The highest BCUT2D eigenvalue weighted by Crippen LogP contribution is 2.12. The molecule has 0 radical (unpaired) electrons. The van der Waals surface area contributed by atoms with Crippen LogP contribution in [0.3, 0.4) is 0 Å². The van der Waals surface area contributed by atoms with E-state index in [9.17, 15) is 19.5 Å². The van der Waals surface area contributed by atoms with E-state index in [0.717, 1.165) is 0 Å². The van der Waals surface area contributed by atoms with Crippen molar-refractivity contribution in [2.45, 2.75) is 20.1 Å². The number of methoxy groups -OCH3 is 1. The third-order valence-corrected chi connectivity index (χ3v) is 3.43. The molecule has 7 nitrogen and oxygen atoms in total. The number of nitrogens with zero attached hydrogens (tertiary/aromatic N) is 1. The Morgan fingerprint density at radius 1 is 1.29 bits per heavy atom. The molecular weight excluding hydrogens is 312 g/mol. The van der Waals surface area contributed by atoms with Crippen LogP contribution in [0, 0.1) is 0 Å². The quantitative estimate of drug-likeness (QED) is 0.776. The van der Waals surface area contributed by atoms with E-state index in [1.807, 2.05) is 0 Å². The number of hydrogen-bond donors (Lipinski definition) is 2. The van der Waals surface area contributed by atoms with Gasteiger partial charge in [0.1, 0.15) is 6.54 Å². The first-order valence-corrected chi connectivity index (χ1v) is 7.23. The molecule has 0 aliphatic carbocycles. The van der Waals surface area contributed by atoms with Crippen molar-refractivity contribution in [1.29, 1.82) is 0 Å². The SMILES string of the molecule is COc1cn(CC(=O)Nc2cccc(C(C)=O)c2)c(CO)cc1=O. The molecule has 1 heterocycles. The van der Waals surface area contributed by atoms with Crippen LogP contribution in [0.1, 0.15) is 23.0 Å². The number of hydrogen-bond acceptors (Lipinski definition) is 5. The highest BCUT2D eigenvalue weighted by molar-refractivity contribution is 5.97. The summed E-state index contributed by atoms with van der Waals surface area (Å²) in [4.78, 5) is 35.2. The van der Waals surface area contributed by atoms with Gasteiger partial charge in [0.25, 0.3) is 0 Å². The van der Waals surface area contributed by atoms with Crippen LogP contribution in [-0.2, 0) is 17.9 Å². The van der Waals surface area contributed by atoms with Gasteiger partial charge in [0.2, 0.25) is 11.3 Å². The average molecular weight is 330 g/mol. The normalized spacial score (nSPS) is 10.3. The van der Waals surface area contributed by atoms with Gasteiger partial charge in [-0.3, -0.25) is 14.4 Å². The van der Waals surface area contributed by atoms with E-state index in [-0.39, 0.29) is 36.0 Å². The van der Waals surface area contributed by atoms with Crippen molar-refractivity contribution in [2.24, 2.45) is 0 Å². The van der Waals surface area contributed by atoms with Crippen LogP contribution in [0.2, 0.25) is 0 Å². The van der Waals surface area contributed by atoms with Crippen LogP contribution in [0.15, 0.2) is 41.3 Å². The monoisotopic (exact) mass is 330 g/mol. The van der Waals surface area contributed by atoms with Crippen LogP contribution in [-0.4, -0.2) is 28.5 Å². The standard InChI is InChI=1S/C17H18N2O5/c1-11(21)12-4-3-5-13(6-12)18-17(23)9-19-8-16(24-2)15(22)7-14(19)10-20/h3-8,20H,9-10H2,1-2H3,(H,18,23). The number of anilines is 1. The van der Waals surface area contributed by atoms with E-state index >= 15 is 0 Å². The van der Waals surface area contributed by atoms with E-state index in [1.165, 1.54) is 30.9 Å². The van der Waals surface area contributed by atoms with Gasteiger partial charge >= 0.3 is 0 Å². The Bertz CT molecular complexity index is 826. The molecule has 0 saturated carbocycles. The number of Topliss-reactive ketones (excluding diaryl/α,β-unsaturated/α-hetero) is 1. The lowest BCUT2D eigenvalue weighted by atomic mass is 10.1. The molecule has 1 amide bonds. The summed E-state index contributed by atoms with van der Waals surface area (Å²) in [7, 11) is 1.35. The van der Waals surface area contributed by atoms with Crippen LogP contribution in [0.25, 0.3) is 0 Å². The van der Waals surface area contributed by atoms with Crippen molar-refractivity contribution in [3.63, 3.8) is 0 Å². The lowest BCUT2D eigenvalue weighted by Crippen LogP contribution is -2.23. The average Bonchev–Trinajstić information content (AvgIpc) is 2.56.